The van der Waals surface area contributed by atoms with Crippen LogP contribution in [0.5, 0.6) is 0 Å². The highest BCUT2D eigenvalue weighted by Gasteiger charge is 2.18. The molecule has 0 aliphatic rings. The molecule has 0 aromatic carbocycles. The third-order valence-electron chi connectivity index (χ3n) is 2.39. The summed E-state index contributed by atoms with van der Waals surface area (Å²) in [7, 11) is 3.71. The lowest BCUT2D eigenvalue weighted by atomic mass is 10.5. The van der Waals surface area contributed by atoms with Crippen LogP contribution in [-0.4, -0.2) is 32.7 Å². The van der Waals surface area contributed by atoms with Gasteiger partial charge in [0.05, 0.1) is 6.54 Å². The maximum absolute atomic E-state index is 10.9. The number of hydrogen-bond acceptors (Lipinski definition) is 5. The van der Waals surface area contributed by atoms with E-state index in [2.05, 4.69) is 9.97 Å². The molecule has 2 aromatic heterocycles. The van der Waals surface area contributed by atoms with Crippen LogP contribution in [0, 0.1) is 0 Å². The Labute approximate surface area is 112 Å². The van der Waals surface area contributed by atoms with Crippen molar-refractivity contribution in [2.24, 2.45) is 7.05 Å². The number of carbonyl (C=O) groups is 1. The van der Waals surface area contributed by atoms with Gasteiger partial charge in [-0.05, 0) is 0 Å². The molecule has 8 heteroatoms. The van der Waals surface area contributed by atoms with Gasteiger partial charge in [-0.15, -0.1) is 0 Å². The van der Waals surface area contributed by atoms with Crippen molar-refractivity contribution in [3.63, 3.8) is 0 Å². The summed E-state index contributed by atoms with van der Waals surface area (Å²) < 4.78 is 1.89. The number of aryl methyl sites for hydroxylation is 1. The number of carboxylic acid groups (broad SMARTS) is 1. The lowest BCUT2D eigenvalue weighted by Crippen LogP contribution is -2.18. The van der Waals surface area contributed by atoms with E-state index in [0.717, 1.165) is 17.2 Å². The van der Waals surface area contributed by atoms with Gasteiger partial charge < -0.3 is 14.6 Å². The Kier molecular flexibility index (Phi) is 3.53. The van der Waals surface area contributed by atoms with Gasteiger partial charge in [-0.3, -0.25) is 0 Å². The second-order valence-electron chi connectivity index (χ2n) is 3.73. The SMILES string of the molecule is CN(Cc1nccn1C)c1nc(Cl)c(C(=O)O)s1. The minimum absolute atomic E-state index is 0.0224. The van der Waals surface area contributed by atoms with E-state index in [4.69, 9.17) is 16.7 Å². The molecule has 0 fully saturated rings. The summed E-state index contributed by atoms with van der Waals surface area (Å²) in [4.78, 5) is 21.0. The zero-order valence-corrected chi connectivity index (χ0v) is 11.4. The Balaban J connectivity index is 2.19. The van der Waals surface area contributed by atoms with E-state index in [1.165, 1.54) is 0 Å². The third kappa shape index (κ3) is 2.46. The van der Waals surface area contributed by atoms with Crippen molar-refractivity contribution in [2.45, 2.75) is 6.54 Å². The van der Waals surface area contributed by atoms with Crippen molar-refractivity contribution < 1.29 is 9.90 Å². The van der Waals surface area contributed by atoms with E-state index < -0.39 is 5.97 Å². The summed E-state index contributed by atoms with van der Waals surface area (Å²) >= 11 is 6.82. The molecule has 96 valence electrons. The number of nitrogens with zero attached hydrogens (tertiary/aromatic N) is 4. The van der Waals surface area contributed by atoms with Crippen molar-refractivity contribution in [2.75, 3.05) is 11.9 Å². The minimum Gasteiger partial charge on any atom is -0.477 e. The highest BCUT2D eigenvalue weighted by Crippen LogP contribution is 2.29. The highest BCUT2D eigenvalue weighted by molar-refractivity contribution is 7.18. The van der Waals surface area contributed by atoms with E-state index in [9.17, 15) is 4.79 Å². The molecule has 0 unspecified atom stereocenters. The van der Waals surface area contributed by atoms with E-state index in [-0.39, 0.29) is 10.0 Å². The van der Waals surface area contributed by atoms with Gasteiger partial charge in [-0.2, -0.15) is 0 Å². The smallest absolute Gasteiger partial charge is 0.349 e. The van der Waals surface area contributed by atoms with Crippen LogP contribution in [0.1, 0.15) is 15.5 Å². The first kappa shape index (κ1) is 12.8. The molecular formula is C10H11ClN4O2S. The molecule has 0 saturated heterocycles. The molecule has 0 spiro atoms. The topological polar surface area (TPSA) is 71.2 Å². The zero-order chi connectivity index (χ0) is 13.3. The molecule has 1 N–H and O–H groups in total. The number of halogens is 1. The molecule has 2 heterocycles. The van der Waals surface area contributed by atoms with Gasteiger partial charge in [0.15, 0.2) is 15.2 Å². The van der Waals surface area contributed by atoms with Crippen molar-refractivity contribution in [1.82, 2.24) is 14.5 Å². The van der Waals surface area contributed by atoms with Gasteiger partial charge in [0.2, 0.25) is 0 Å². The summed E-state index contributed by atoms with van der Waals surface area (Å²) in [5.41, 5.74) is 0. The molecule has 2 rings (SSSR count). The van der Waals surface area contributed by atoms with Crippen molar-refractivity contribution in [3.05, 3.63) is 28.2 Å². The summed E-state index contributed by atoms with van der Waals surface area (Å²) in [6, 6.07) is 0. The maximum atomic E-state index is 10.9. The molecule has 0 atom stereocenters. The predicted molar refractivity (Wildman–Crippen MR) is 69.4 cm³/mol. The van der Waals surface area contributed by atoms with Crippen LogP contribution < -0.4 is 4.90 Å². The number of rotatable bonds is 4. The molecule has 0 aliphatic carbocycles. The van der Waals surface area contributed by atoms with Crippen LogP contribution in [0.15, 0.2) is 12.4 Å². The molecular weight excluding hydrogens is 276 g/mol. The van der Waals surface area contributed by atoms with E-state index in [1.54, 1.807) is 6.20 Å². The highest BCUT2D eigenvalue weighted by atomic mass is 35.5. The van der Waals surface area contributed by atoms with Crippen molar-refractivity contribution in [3.8, 4) is 0 Å². The Bertz CT molecular complexity index is 580. The van der Waals surface area contributed by atoms with Crippen LogP contribution in [-0.2, 0) is 13.6 Å². The number of anilines is 1. The maximum Gasteiger partial charge on any atom is 0.349 e. The van der Waals surface area contributed by atoms with Gasteiger partial charge in [-0.1, -0.05) is 22.9 Å². The summed E-state index contributed by atoms with van der Waals surface area (Å²) in [6.45, 7) is 0.534. The molecule has 0 amide bonds. The minimum atomic E-state index is -1.06. The monoisotopic (exact) mass is 286 g/mol. The fourth-order valence-corrected chi connectivity index (χ4v) is 2.50. The largest absolute Gasteiger partial charge is 0.477 e. The fraction of sp³-hybridized carbons (Fsp3) is 0.300. The lowest BCUT2D eigenvalue weighted by molar-refractivity contribution is 0.0702. The first-order valence-corrected chi connectivity index (χ1v) is 6.25. The molecule has 0 saturated carbocycles. The fourth-order valence-electron chi connectivity index (χ4n) is 1.41. The van der Waals surface area contributed by atoms with Gasteiger partial charge >= 0.3 is 5.97 Å². The molecule has 6 nitrogen and oxygen atoms in total. The first-order valence-electron chi connectivity index (χ1n) is 5.06. The normalized spacial score (nSPS) is 10.6. The van der Waals surface area contributed by atoms with Crippen LogP contribution in [0.4, 0.5) is 5.13 Å². The van der Waals surface area contributed by atoms with Crippen LogP contribution in [0.3, 0.4) is 0 Å². The first-order chi connectivity index (χ1) is 8.49. The van der Waals surface area contributed by atoms with Gasteiger partial charge in [0, 0.05) is 26.5 Å². The van der Waals surface area contributed by atoms with E-state index in [1.807, 2.05) is 29.8 Å². The van der Waals surface area contributed by atoms with Crippen molar-refractivity contribution in [1.29, 1.82) is 0 Å². The third-order valence-corrected chi connectivity index (χ3v) is 3.94. The second-order valence-corrected chi connectivity index (χ2v) is 5.07. The molecule has 0 radical (unpaired) electrons. The van der Waals surface area contributed by atoms with E-state index >= 15 is 0 Å². The Morgan fingerprint density at radius 3 is 2.89 bits per heavy atom. The number of aromatic nitrogens is 3. The number of aromatic carboxylic acids is 1. The second kappa shape index (κ2) is 4.95. The number of imidazole rings is 1. The van der Waals surface area contributed by atoms with Crippen molar-refractivity contribution >= 4 is 34.0 Å². The molecule has 0 bridgehead atoms. The van der Waals surface area contributed by atoms with Crippen LogP contribution >= 0.6 is 22.9 Å². The standard InChI is InChI=1S/C10H11ClN4O2S/c1-14-4-3-12-6(14)5-15(2)10-13-8(11)7(18-10)9(16)17/h3-4H,5H2,1-2H3,(H,16,17). The lowest BCUT2D eigenvalue weighted by Gasteiger charge is -2.14. The predicted octanol–water partition coefficient (Wildman–Crippen LogP) is 1.86. The Hall–Kier alpha value is -1.60. The summed E-state index contributed by atoms with van der Waals surface area (Å²) in [6.07, 6.45) is 3.56. The summed E-state index contributed by atoms with van der Waals surface area (Å²) in [5, 5.41) is 9.49. The average molecular weight is 287 g/mol. The average Bonchev–Trinajstić information content (AvgIpc) is 2.86. The molecule has 18 heavy (non-hydrogen) atoms. The van der Waals surface area contributed by atoms with Gasteiger partial charge in [0.1, 0.15) is 5.82 Å². The van der Waals surface area contributed by atoms with Gasteiger partial charge in [0.25, 0.3) is 0 Å². The zero-order valence-electron chi connectivity index (χ0n) is 9.79. The van der Waals surface area contributed by atoms with Crippen LogP contribution in [0.2, 0.25) is 5.15 Å². The molecule has 0 aliphatic heterocycles. The van der Waals surface area contributed by atoms with E-state index in [0.29, 0.717) is 11.7 Å². The number of carboxylic acids is 1. The number of hydrogen-bond donors (Lipinski definition) is 1. The van der Waals surface area contributed by atoms with Crippen LogP contribution in [0.25, 0.3) is 0 Å². The quantitative estimate of drug-likeness (QED) is 0.929. The Morgan fingerprint density at radius 2 is 2.39 bits per heavy atom. The Morgan fingerprint density at radius 1 is 1.67 bits per heavy atom. The summed E-state index contributed by atoms with van der Waals surface area (Å²) in [5.74, 6) is -0.199. The van der Waals surface area contributed by atoms with Gasteiger partial charge in [-0.25, -0.2) is 14.8 Å². The number of thiazole rings is 1. The molecule has 2 aromatic rings.